The van der Waals surface area contributed by atoms with Crippen LogP contribution in [0.25, 0.3) is 0 Å². The van der Waals surface area contributed by atoms with Crippen molar-refractivity contribution in [2.75, 3.05) is 26.7 Å². The Morgan fingerprint density at radius 2 is 1.89 bits per heavy atom. The van der Waals surface area contributed by atoms with Crippen molar-refractivity contribution in [3.8, 4) is 0 Å². The number of carbonyl (C=O) groups excluding carboxylic acids is 1. The van der Waals surface area contributed by atoms with Gasteiger partial charge in [0.1, 0.15) is 0 Å². The van der Waals surface area contributed by atoms with E-state index < -0.39 is 0 Å². The van der Waals surface area contributed by atoms with Crippen LogP contribution < -0.4 is 5.73 Å². The zero-order valence-corrected chi connectivity index (χ0v) is 12.2. The molecule has 0 aromatic heterocycles. The van der Waals surface area contributed by atoms with Crippen LogP contribution in [0.3, 0.4) is 0 Å². The number of nitrogens with zero attached hydrogens (tertiary/aromatic N) is 2. The van der Waals surface area contributed by atoms with Gasteiger partial charge in [0.25, 0.3) is 0 Å². The third kappa shape index (κ3) is 5.41. The Hall–Kier alpha value is -1.39. The minimum atomic E-state index is 0.138. The predicted octanol–water partition coefficient (Wildman–Crippen LogP) is 1.31. The summed E-state index contributed by atoms with van der Waals surface area (Å²) in [6, 6.07) is 10.4. The summed E-state index contributed by atoms with van der Waals surface area (Å²) in [6.45, 7) is 6.50. The maximum absolute atomic E-state index is 12.1. The lowest BCUT2D eigenvalue weighted by atomic mass is 10.2. The van der Waals surface area contributed by atoms with E-state index in [0.29, 0.717) is 13.1 Å². The van der Waals surface area contributed by atoms with Gasteiger partial charge in [0.15, 0.2) is 0 Å². The maximum Gasteiger partial charge on any atom is 0.236 e. The number of rotatable bonds is 7. The molecule has 19 heavy (non-hydrogen) atoms. The second-order valence-corrected chi connectivity index (χ2v) is 5.08. The van der Waals surface area contributed by atoms with Crippen molar-refractivity contribution < 1.29 is 4.79 Å². The van der Waals surface area contributed by atoms with Crippen LogP contribution in [0.15, 0.2) is 30.3 Å². The molecule has 4 heteroatoms. The molecular weight excluding hydrogens is 238 g/mol. The van der Waals surface area contributed by atoms with Crippen molar-refractivity contribution in [3.05, 3.63) is 35.9 Å². The summed E-state index contributed by atoms with van der Waals surface area (Å²) in [5.41, 5.74) is 6.83. The van der Waals surface area contributed by atoms with Crippen molar-refractivity contribution in [2.45, 2.75) is 26.4 Å². The second kappa shape index (κ2) is 7.92. The van der Waals surface area contributed by atoms with Crippen LogP contribution in [0.2, 0.25) is 0 Å². The predicted molar refractivity (Wildman–Crippen MR) is 78.7 cm³/mol. The van der Waals surface area contributed by atoms with E-state index in [1.165, 1.54) is 5.56 Å². The van der Waals surface area contributed by atoms with Crippen molar-refractivity contribution in [1.29, 1.82) is 0 Å². The Balaban J connectivity index is 2.60. The zero-order chi connectivity index (χ0) is 14.3. The van der Waals surface area contributed by atoms with E-state index in [-0.39, 0.29) is 11.9 Å². The third-order valence-corrected chi connectivity index (χ3v) is 3.22. The van der Waals surface area contributed by atoms with Gasteiger partial charge in [-0.1, -0.05) is 30.3 Å². The van der Waals surface area contributed by atoms with Gasteiger partial charge in [0.2, 0.25) is 5.91 Å². The zero-order valence-electron chi connectivity index (χ0n) is 12.2. The SMILES string of the molecule is CC(C)N(C)C(=O)CN(CCN)Cc1ccccc1. The van der Waals surface area contributed by atoms with Crippen LogP contribution in [-0.4, -0.2) is 48.4 Å². The molecule has 0 unspecified atom stereocenters. The average Bonchev–Trinajstić information content (AvgIpc) is 2.39. The summed E-state index contributed by atoms with van der Waals surface area (Å²) >= 11 is 0. The number of amides is 1. The largest absolute Gasteiger partial charge is 0.342 e. The van der Waals surface area contributed by atoms with E-state index in [9.17, 15) is 4.79 Å². The van der Waals surface area contributed by atoms with E-state index in [2.05, 4.69) is 17.0 Å². The molecule has 0 aliphatic carbocycles. The first-order valence-corrected chi connectivity index (χ1v) is 6.76. The first kappa shape index (κ1) is 15.7. The number of carbonyl (C=O) groups is 1. The molecule has 0 atom stereocenters. The summed E-state index contributed by atoms with van der Waals surface area (Å²) in [7, 11) is 1.84. The Morgan fingerprint density at radius 3 is 2.42 bits per heavy atom. The molecular formula is C15H25N3O. The highest BCUT2D eigenvalue weighted by molar-refractivity contribution is 5.78. The highest BCUT2D eigenvalue weighted by Gasteiger charge is 2.16. The molecule has 1 amide bonds. The van der Waals surface area contributed by atoms with E-state index in [4.69, 9.17) is 5.73 Å². The van der Waals surface area contributed by atoms with Crippen LogP contribution in [0.5, 0.6) is 0 Å². The van der Waals surface area contributed by atoms with Gasteiger partial charge in [0.05, 0.1) is 6.54 Å². The van der Waals surface area contributed by atoms with Crippen LogP contribution in [0.1, 0.15) is 19.4 Å². The first-order valence-electron chi connectivity index (χ1n) is 6.76. The fourth-order valence-electron chi connectivity index (χ4n) is 1.83. The lowest BCUT2D eigenvalue weighted by molar-refractivity contribution is -0.132. The molecule has 4 nitrogen and oxygen atoms in total. The number of hydrogen-bond acceptors (Lipinski definition) is 3. The number of hydrogen-bond donors (Lipinski definition) is 1. The van der Waals surface area contributed by atoms with Gasteiger partial charge in [-0.15, -0.1) is 0 Å². The highest BCUT2D eigenvalue weighted by atomic mass is 16.2. The van der Waals surface area contributed by atoms with Crippen LogP contribution in [0.4, 0.5) is 0 Å². The molecule has 2 N–H and O–H groups in total. The molecule has 106 valence electrons. The van der Waals surface area contributed by atoms with Gasteiger partial charge < -0.3 is 10.6 Å². The summed E-state index contributed by atoms with van der Waals surface area (Å²) in [5.74, 6) is 0.138. The Labute approximate surface area is 116 Å². The minimum absolute atomic E-state index is 0.138. The van der Waals surface area contributed by atoms with Gasteiger partial charge >= 0.3 is 0 Å². The number of benzene rings is 1. The summed E-state index contributed by atoms with van der Waals surface area (Å²) < 4.78 is 0. The summed E-state index contributed by atoms with van der Waals surface area (Å²) in [5, 5.41) is 0. The second-order valence-electron chi connectivity index (χ2n) is 5.08. The molecule has 0 saturated carbocycles. The van der Waals surface area contributed by atoms with Crippen molar-refractivity contribution >= 4 is 5.91 Å². The molecule has 0 bridgehead atoms. The molecule has 0 radical (unpaired) electrons. The standard InChI is InChI=1S/C15H25N3O/c1-13(2)17(3)15(19)12-18(10-9-16)11-14-7-5-4-6-8-14/h4-8,13H,9-12,16H2,1-3H3. The van der Waals surface area contributed by atoms with E-state index >= 15 is 0 Å². The van der Waals surface area contributed by atoms with Gasteiger partial charge in [-0.2, -0.15) is 0 Å². The molecule has 0 saturated heterocycles. The third-order valence-electron chi connectivity index (χ3n) is 3.22. The summed E-state index contributed by atoms with van der Waals surface area (Å²) in [4.78, 5) is 16.0. The lowest BCUT2D eigenvalue weighted by Gasteiger charge is -2.27. The topological polar surface area (TPSA) is 49.6 Å². The van der Waals surface area contributed by atoms with Crippen molar-refractivity contribution in [3.63, 3.8) is 0 Å². The van der Waals surface area contributed by atoms with Gasteiger partial charge in [0, 0.05) is 32.7 Å². The van der Waals surface area contributed by atoms with Crippen molar-refractivity contribution in [1.82, 2.24) is 9.80 Å². The van der Waals surface area contributed by atoms with Gasteiger partial charge in [-0.05, 0) is 19.4 Å². The van der Waals surface area contributed by atoms with Crippen molar-refractivity contribution in [2.24, 2.45) is 5.73 Å². The quantitative estimate of drug-likeness (QED) is 0.807. The molecule has 0 aliphatic heterocycles. The summed E-state index contributed by atoms with van der Waals surface area (Å²) in [6.07, 6.45) is 0. The number of likely N-dealkylation sites (N-methyl/N-ethyl adjacent to an activating group) is 1. The number of nitrogens with two attached hydrogens (primary N) is 1. The average molecular weight is 263 g/mol. The molecule has 0 fully saturated rings. The van der Waals surface area contributed by atoms with Crippen LogP contribution in [0, 0.1) is 0 Å². The van der Waals surface area contributed by atoms with Crippen LogP contribution in [-0.2, 0) is 11.3 Å². The van der Waals surface area contributed by atoms with E-state index in [1.54, 1.807) is 4.90 Å². The highest BCUT2D eigenvalue weighted by Crippen LogP contribution is 2.05. The van der Waals surface area contributed by atoms with Gasteiger partial charge in [-0.25, -0.2) is 0 Å². The fourth-order valence-corrected chi connectivity index (χ4v) is 1.83. The van der Waals surface area contributed by atoms with Crippen LogP contribution >= 0.6 is 0 Å². The monoisotopic (exact) mass is 263 g/mol. The normalized spacial score (nSPS) is 11.1. The molecule has 1 aromatic carbocycles. The first-order chi connectivity index (χ1) is 9.04. The fraction of sp³-hybridized carbons (Fsp3) is 0.533. The van der Waals surface area contributed by atoms with E-state index in [0.717, 1.165) is 13.1 Å². The Kier molecular flexibility index (Phi) is 6.53. The van der Waals surface area contributed by atoms with Gasteiger partial charge in [-0.3, -0.25) is 9.69 Å². The molecule has 1 aromatic rings. The Bertz CT molecular complexity index is 378. The lowest BCUT2D eigenvalue weighted by Crippen LogP contribution is -2.42. The maximum atomic E-state index is 12.1. The smallest absolute Gasteiger partial charge is 0.236 e. The minimum Gasteiger partial charge on any atom is -0.342 e. The molecule has 1 rings (SSSR count). The van der Waals surface area contributed by atoms with E-state index in [1.807, 2.05) is 39.1 Å². The Morgan fingerprint density at radius 1 is 1.26 bits per heavy atom. The molecule has 0 heterocycles. The molecule has 0 aliphatic rings. The molecule has 0 spiro atoms.